The summed E-state index contributed by atoms with van der Waals surface area (Å²) in [7, 11) is 0. The summed E-state index contributed by atoms with van der Waals surface area (Å²) in [6.45, 7) is 1.57. The lowest BCUT2D eigenvalue weighted by atomic mass is 10.3. The zero-order valence-electron chi connectivity index (χ0n) is 8.34. The fraction of sp³-hybridized carbons (Fsp3) is 0.250. The molecule has 0 saturated heterocycles. The lowest BCUT2D eigenvalue weighted by Crippen LogP contribution is -2.16. The number of rotatable bonds is 4. The first-order chi connectivity index (χ1) is 7.54. The molecule has 0 aliphatic heterocycles. The second kappa shape index (κ2) is 5.21. The number of nitrogen functional groups attached to an aromatic ring is 1. The molecule has 3 N–H and O–H groups in total. The summed E-state index contributed by atoms with van der Waals surface area (Å²) in [5.41, 5.74) is 4.97. The number of hydrogen-bond donors (Lipinski definition) is 2. The molecule has 0 spiro atoms. The van der Waals surface area contributed by atoms with Gasteiger partial charge in [-0.3, -0.25) is 0 Å². The highest BCUT2D eigenvalue weighted by Crippen LogP contribution is 2.12. The highest BCUT2D eigenvalue weighted by Gasteiger charge is 2.17. The Kier molecular flexibility index (Phi) is 3.95. The SMILES string of the molecule is CCC(=O)ON=C(C(=O)O)c1csc(N)n1. The number of thiazole rings is 1. The number of hydrogen-bond acceptors (Lipinski definition) is 7. The van der Waals surface area contributed by atoms with Crippen molar-refractivity contribution in [3.63, 3.8) is 0 Å². The van der Waals surface area contributed by atoms with Crippen LogP contribution >= 0.6 is 11.3 Å². The van der Waals surface area contributed by atoms with Crippen LogP contribution in [0.5, 0.6) is 0 Å². The Bertz CT molecular complexity index is 440. The molecule has 1 heterocycles. The van der Waals surface area contributed by atoms with Crippen LogP contribution in [-0.4, -0.2) is 27.7 Å². The van der Waals surface area contributed by atoms with Crippen molar-refractivity contribution in [3.8, 4) is 0 Å². The predicted molar refractivity (Wildman–Crippen MR) is 57.1 cm³/mol. The van der Waals surface area contributed by atoms with Gasteiger partial charge in [0, 0.05) is 11.8 Å². The summed E-state index contributed by atoms with van der Waals surface area (Å²) < 4.78 is 0. The van der Waals surface area contributed by atoms with Crippen molar-refractivity contribution in [2.75, 3.05) is 5.73 Å². The summed E-state index contributed by atoms with van der Waals surface area (Å²) in [5.74, 6) is -1.96. The smallest absolute Gasteiger partial charge is 0.360 e. The number of nitrogens with zero attached hydrogens (tertiary/aromatic N) is 2. The molecule has 0 atom stereocenters. The van der Waals surface area contributed by atoms with Gasteiger partial charge < -0.3 is 15.7 Å². The van der Waals surface area contributed by atoms with E-state index in [2.05, 4.69) is 15.0 Å². The van der Waals surface area contributed by atoms with Crippen molar-refractivity contribution in [1.29, 1.82) is 0 Å². The van der Waals surface area contributed by atoms with Crippen molar-refractivity contribution >= 4 is 34.1 Å². The number of carboxylic acids is 1. The molecule has 7 nitrogen and oxygen atoms in total. The molecular formula is C8H9N3O4S. The number of carbonyl (C=O) groups excluding carboxylic acids is 1. The van der Waals surface area contributed by atoms with E-state index in [4.69, 9.17) is 10.8 Å². The zero-order chi connectivity index (χ0) is 12.1. The molecule has 86 valence electrons. The Morgan fingerprint density at radius 2 is 2.38 bits per heavy atom. The van der Waals surface area contributed by atoms with Gasteiger partial charge in [0.05, 0.1) is 0 Å². The Labute approximate surface area is 94.5 Å². The first-order valence-corrected chi connectivity index (χ1v) is 5.15. The quantitative estimate of drug-likeness (QED) is 0.451. The number of anilines is 1. The second-order valence-electron chi connectivity index (χ2n) is 2.63. The maximum Gasteiger partial charge on any atom is 0.360 e. The molecule has 0 amide bonds. The molecule has 1 aromatic heterocycles. The van der Waals surface area contributed by atoms with Gasteiger partial charge in [-0.05, 0) is 0 Å². The minimum Gasteiger partial charge on any atom is -0.476 e. The number of carboxylic acid groups (broad SMARTS) is 1. The average molecular weight is 243 g/mol. The van der Waals surface area contributed by atoms with E-state index in [-0.39, 0.29) is 17.2 Å². The summed E-state index contributed by atoms with van der Waals surface area (Å²) in [6, 6.07) is 0. The zero-order valence-corrected chi connectivity index (χ0v) is 9.15. The van der Waals surface area contributed by atoms with Gasteiger partial charge in [0.15, 0.2) is 5.13 Å². The maximum absolute atomic E-state index is 10.8. The Balaban J connectivity index is 2.91. The van der Waals surface area contributed by atoms with E-state index >= 15 is 0 Å². The van der Waals surface area contributed by atoms with Crippen LogP contribution < -0.4 is 5.73 Å². The van der Waals surface area contributed by atoms with Crippen molar-refractivity contribution in [3.05, 3.63) is 11.1 Å². The summed E-state index contributed by atoms with van der Waals surface area (Å²) in [4.78, 5) is 29.7. The number of carbonyl (C=O) groups is 2. The molecule has 1 rings (SSSR count). The Hall–Kier alpha value is -1.96. The number of aliphatic carboxylic acids is 1. The van der Waals surface area contributed by atoms with Crippen molar-refractivity contribution in [2.24, 2.45) is 5.16 Å². The predicted octanol–water partition coefficient (Wildman–Crippen LogP) is 0.467. The van der Waals surface area contributed by atoms with E-state index < -0.39 is 17.7 Å². The number of nitrogens with two attached hydrogens (primary N) is 1. The lowest BCUT2D eigenvalue weighted by molar-refractivity contribution is -0.143. The van der Waals surface area contributed by atoms with Gasteiger partial charge in [0.25, 0.3) is 0 Å². The Morgan fingerprint density at radius 1 is 1.69 bits per heavy atom. The van der Waals surface area contributed by atoms with Crippen LogP contribution in [0.3, 0.4) is 0 Å². The topological polar surface area (TPSA) is 115 Å². The number of aromatic nitrogens is 1. The van der Waals surface area contributed by atoms with Crippen molar-refractivity contribution in [1.82, 2.24) is 4.98 Å². The van der Waals surface area contributed by atoms with Crippen LogP contribution in [0, 0.1) is 0 Å². The minimum absolute atomic E-state index is 0.0684. The van der Waals surface area contributed by atoms with Crippen LogP contribution in [0.1, 0.15) is 19.0 Å². The standard InChI is InChI=1S/C8H9N3O4S/c1-2-5(12)15-11-6(7(13)14)4-3-16-8(9)10-4/h3H,2H2,1H3,(H2,9,10)(H,13,14). The summed E-state index contributed by atoms with van der Waals surface area (Å²) >= 11 is 1.07. The molecular weight excluding hydrogens is 234 g/mol. The molecule has 0 bridgehead atoms. The fourth-order valence-electron chi connectivity index (χ4n) is 0.753. The Morgan fingerprint density at radius 3 is 2.81 bits per heavy atom. The van der Waals surface area contributed by atoms with E-state index in [1.165, 1.54) is 5.38 Å². The lowest BCUT2D eigenvalue weighted by Gasteiger charge is -1.96. The largest absolute Gasteiger partial charge is 0.476 e. The van der Waals surface area contributed by atoms with Crippen molar-refractivity contribution in [2.45, 2.75) is 13.3 Å². The third-order valence-electron chi connectivity index (χ3n) is 1.49. The second-order valence-corrected chi connectivity index (χ2v) is 3.52. The summed E-state index contributed by atoms with van der Waals surface area (Å²) in [6.07, 6.45) is 0.107. The van der Waals surface area contributed by atoms with Crippen LogP contribution in [0.2, 0.25) is 0 Å². The van der Waals surface area contributed by atoms with Gasteiger partial charge in [-0.1, -0.05) is 12.1 Å². The molecule has 0 saturated carbocycles. The maximum atomic E-state index is 10.8. The van der Waals surface area contributed by atoms with Gasteiger partial charge in [-0.2, -0.15) is 0 Å². The highest BCUT2D eigenvalue weighted by molar-refractivity contribution is 7.13. The van der Waals surface area contributed by atoms with Crippen LogP contribution in [0.15, 0.2) is 10.5 Å². The monoisotopic (exact) mass is 243 g/mol. The molecule has 0 aliphatic rings. The van der Waals surface area contributed by atoms with Gasteiger partial charge in [0.2, 0.25) is 5.71 Å². The average Bonchev–Trinajstić information content (AvgIpc) is 2.64. The summed E-state index contributed by atoms with van der Waals surface area (Å²) in [5, 5.41) is 13.7. The molecule has 8 heteroatoms. The highest BCUT2D eigenvalue weighted by atomic mass is 32.1. The van der Waals surface area contributed by atoms with Crippen LogP contribution in [-0.2, 0) is 14.4 Å². The van der Waals surface area contributed by atoms with Crippen LogP contribution in [0.25, 0.3) is 0 Å². The third kappa shape index (κ3) is 3.02. The van der Waals surface area contributed by atoms with Gasteiger partial charge in [-0.25, -0.2) is 14.6 Å². The molecule has 0 radical (unpaired) electrons. The van der Waals surface area contributed by atoms with E-state index in [0.717, 1.165) is 11.3 Å². The molecule has 0 aliphatic carbocycles. The van der Waals surface area contributed by atoms with Crippen LogP contribution in [0.4, 0.5) is 5.13 Å². The van der Waals surface area contributed by atoms with E-state index in [1.54, 1.807) is 6.92 Å². The van der Waals surface area contributed by atoms with Gasteiger partial charge >= 0.3 is 11.9 Å². The van der Waals surface area contributed by atoms with E-state index in [1.807, 2.05) is 0 Å². The van der Waals surface area contributed by atoms with Crippen molar-refractivity contribution < 1.29 is 19.5 Å². The molecule has 0 fully saturated rings. The van der Waals surface area contributed by atoms with E-state index in [0.29, 0.717) is 0 Å². The first kappa shape index (κ1) is 12.1. The molecule has 1 aromatic rings. The molecule has 0 unspecified atom stereocenters. The molecule has 0 aromatic carbocycles. The van der Waals surface area contributed by atoms with E-state index in [9.17, 15) is 9.59 Å². The van der Waals surface area contributed by atoms with Gasteiger partial charge in [-0.15, -0.1) is 11.3 Å². The third-order valence-corrected chi connectivity index (χ3v) is 2.17. The van der Waals surface area contributed by atoms with Gasteiger partial charge in [0.1, 0.15) is 5.69 Å². The minimum atomic E-state index is -1.34. The first-order valence-electron chi connectivity index (χ1n) is 4.27. The number of oxime groups is 1. The normalized spacial score (nSPS) is 11.2. The fourth-order valence-corrected chi connectivity index (χ4v) is 1.30. The molecule has 16 heavy (non-hydrogen) atoms.